The Balaban J connectivity index is 1.82. The van der Waals surface area contributed by atoms with Gasteiger partial charge in [-0.05, 0) is 25.0 Å². The van der Waals surface area contributed by atoms with Gasteiger partial charge in [-0.1, -0.05) is 18.9 Å². The molecule has 0 aromatic carbocycles. The molecule has 1 aliphatic carbocycles. The van der Waals surface area contributed by atoms with Crippen molar-refractivity contribution < 1.29 is 9.90 Å². The molecule has 2 amide bonds. The molecule has 2 N–H and O–H groups in total. The molecular formula is C17H28N4O2. The molecule has 2 rings (SSSR count). The molecule has 23 heavy (non-hydrogen) atoms. The number of rotatable bonds is 5. The lowest BCUT2D eigenvalue weighted by Crippen LogP contribution is -2.42. The molecule has 2 atom stereocenters. The highest BCUT2D eigenvalue weighted by Gasteiger charge is 2.25. The molecule has 0 bridgehead atoms. The van der Waals surface area contributed by atoms with E-state index in [0.717, 1.165) is 37.2 Å². The van der Waals surface area contributed by atoms with E-state index in [1.165, 1.54) is 0 Å². The van der Waals surface area contributed by atoms with Crippen molar-refractivity contribution in [3.63, 3.8) is 0 Å². The monoisotopic (exact) mass is 320 g/mol. The van der Waals surface area contributed by atoms with Gasteiger partial charge in [0, 0.05) is 33.6 Å². The number of pyridine rings is 1. The summed E-state index contributed by atoms with van der Waals surface area (Å²) in [6.45, 7) is 0.996. The quantitative estimate of drug-likeness (QED) is 0.868. The van der Waals surface area contributed by atoms with Crippen LogP contribution in [0.15, 0.2) is 18.2 Å². The summed E-state index contributed by atoms with van der Waals surface area (Å²) in [5, 5.41) is 12.9. The van der Waals surface area contributed by atoms with Crippen LogP contribution in [0.5, 0.6) is 0 Å². The van der Waals surface area contributed by atoms with Crippen LogP contribution >= 0.6 is 0 Å². The summed E-state index contributed by atoms with van der Waals surface area (Å²) in [5.41, 5.74) is 0.829. The number of nitrogens with zero attached hydrogens (tertiary/aromatic N) is 3. The fourth-order valence-corrected chi connectivity index (χ4v) is 2.95. The minimum absolute atomic E-state index is 0.125. The molecule has 6 heteroatoms. The molecule has 0 saturated heterocycles. The first kappa shape index (κ1) is 17.5. The summed E-state index contributed by atoms with van der Waals surface area (Å²) < 4.78 is 0. The minimum Gasteiger partial charge on any atom is -0.393 e. The van der Waals surface area contributed by atoms with Gasteiger partial charge in [-0.3, -0.25) is 0 Å². The van der Waals surface area contributed by atoms with Gasteiger partial charge in [0.1, 0.15) is 5.82 Å². The van der Waals surface area contributed by atoms with Crippen LogP contribution in [-0.4, -0.2) is 54.8 Å². The maximum absolute atomic E-state index is 12.2. The molecule has 128 valence electrons. The van der Waals surface area contributed by atoms with E-state index in [0.29, 0.717) is 13.1 Å². The Morgan fingerprint density at radius 1 is 1.30 bits per heavy atom. The van der Waals surface area contributed by atoms with Crippen LogP contribution in [0.3, 0.4) is 0 Å². The Morgan fingerprint density at radius 3 is 2.74 bits per heavy atom. The SMILES string of the molecule is CN(CC1CCCCC1O)C(=O)NCc1cccc(N(C)C)n1. The van der Waals surface area contributed by atoms with Crippen molar-refractivity contribution in [3.05, 3.63) is 23.9 Å². The van der Waals surface area contributed by atoms with Crippen LogP contribution in [-0.2, 0) is 6.54 Å². The topological polar surface area (TPSA) is 68.7 Å². The summed E-state index contributed by atoms with van der Waals surface area (Å²) in [6.07, 6.45) is 3.78. The molecule has 6 nitrogen and oxygen atoms in total. The second-order valence-electron chi connectivity index (χ2n) is 6.53. The summed E-state index contributed by atoms with van der Waals surface area (Å²) in [6, 6.07) is 5.64. The number of anilines is 1. The van der Waals surface area contributed by atoms with Crippen molar-refractivity contribution in [2.75, 3.05) is 32.6 Å². The molecule has 0 radical (unpaired) electrons. The van der Waals surface area contributed by atoms with E-state index in [-0.39, 0.29) is 18.1 Å². The van der Waals surface area contributed by atoms with E-state index in [4.69, 9.17) is 0 Å². The van der Waals surface area contributed by atoms with E-state index in [1.54, 1.807) is 11.9 Å². The van der Waals surface area contributed by atoms with Crippen LogP contribution in [0.25, 0.3) is 0 Å². The number of aliphatic hydroxyl groups excluding tert-OH is 1. The molecule has 2 unspecified atom stereocenters. The van der Waals surface area contributed by atoms with E-state index < -0.39 is 0 Å². The highest BCUT2D eigenvalue weighted by molar-refractivity contribution is 5.73. The summed E-state index contributed by atoms with van der Waals surface area (Å²) in [5.74, 6) is 1.06. The highest BCUT2D eigenvalue weighted by Crippen LogP contribution is 2.24. The van der Waals surface area contributed by atoms with Crippen molar-refractivity contribution in [1.82, 2.24) is 15.2 Å². The molecule has 1 saturated carbocycles. The molecule has 1 heterocycles. The van der Waals surface area contributed by atoms with Gasteiger partial charge in [0.2, 0.25) is 0 Å². The van der Waals surface area contributed by atoms with E-state index in [2.05, 4.69) is 10.3 Å². The second kappa shape index (κ2) is 8.15. The third kappa shape index (κ3) is 5.10. The van der Waals surface area contributed by atoms with Crippen molar-refractivity contribution in [3.8, 4) is 0 Å². The molecular weight excluding hydrogens is 292 g/mol. The van der Waals surface area contributed by atoms with Gasteiger partial charge in [-0.25, -0.2) is 9.78 Å². The predicted molar refractivity (Wildman–Crippen MR) is 91.4 cm³/mol. The van der Waals surface area contributed by atoms with Crippen LogP contribution in [0.2, 0.25) is 0 Å². The number of aliphatic hydroxyl groups is 1. The van der Waals surface area contributed by atoms with E-state index in [1.807, 2.05) is 37.2 Å². The normalized spacial score (nSPS) is 20.9. The van der Waals surface area contributed by atoms with Crippen molar-refractivity contribution in [1.29, 1.82) is 0 Å². The lowest BCUT2D eigenvalue weighted by Gasteiger charge is -2.31. The number of urea groups is 1. The van der Waals surface area contributed by atoms with Crippen LogP contribution in [0.1, 0.15) is 31.4 Å². The van der Waals surface area contributed by atoms with Gasteiger partial charge < -0.3 is 20.2 Å². The Morgan fingerprint density at radius 2 is 2.04 bits per heavy atom. The van der Waals surface area contributed by atoms with Gasteiger partial charge in [0.25, 0.3) is 0 Å². The fourth-order valence-electron chi connectivity index (χ4n) is 2.95. The zero-order valence-corrected chi connectivity index (χ0v) is 14.3. The summed E-state index contributed by atoms with van der Waals surface area (Å²) in [7, 11) is 5.65. The molecule has 1 aliphatic rings. The predicted octanol–water partition coefficient (Wildman–Crippen LogP) is 1.84. The first-order valence-electron chi connectivity index (χ1n) is 8.27. The second-order valence-corrected chi connectivity index (χ2v) is 6.53. The molecule has 1 fully saturated rings. The molecule has 1 aromatic rings. The maximum atomic E-state index is 12.2. The third-order valence-electron chi connectivity index (χ3n) is 4.40. The van der Waals surface area contributed by atoms with Crippen LogP contribution in [0.4, 0.5) is 10.6 Å². The zero-order chi connectivity index (χ0) is 16.8. The first-order chi connectivity index (χ1) is 11.0. The number of nitrogens with one attached hydrogen (secondary N) is 1. The average Bonchev–Trinajstić information content (AvgIpc) is 2.55. The van der Waals surface area contributed by atoms with Gasteiger partial charge in [0.15, 0.2) is 0 Å². The molecule has 0 spiro atoms. The lowest BCUT2D eigenvalue weighted by atomic mass is 9.86. The number of carbonyl (C=O) groups is 1. The Hall–Kier alpha value is -1.82. The van der Waals surface area contributed by atoms with Crippen LogP contribution in [0, 0.1) is 5.92 Å². The smallest absolute Gasteiger partial charge is 0.317 e. The maximum Gasteiger partial charge on any atom is 0.317 e. The minimum atomic E-state index is -0.280. The number of carbonyl (C=O) groups excluding carboxylic acids is 1. The highest BCUT2D eigenvalue weighted by atomic mass is 16.3. The number of aromatic nitrogens is 1. The van der Waals surface area contributed by atoms with Crippen molar-refractivity contribution >= 4 is 11.8 Å². The average molecular weight is 320 g/mol. The van der Waals surface area contributed by atoms with E-state index in [9.17, 15) is 9.90 Å². The van der Waals surface area contributed by atoms with Gasteiger partial charge in [0.05, 0.1) is 18.3 Å². The van der Waals surface area contributed by atoms with Gasteiger partial charge in [-0.2, -0.15) is 0 Å². The lowest BCUT2D eigenvalue weighted by molar-refractivity contribution is 0.0565. The molecule has 0 aliphatic heterocycles. The summed E-state index contributed by atoms with van der Waals surface area (Å²) >= 11 is 0. The number of hydrogen-bond donors (Lipinski definition) is 2. The zero-order valence-electron chi connectivity index (χ0n) is 14.3. The van der Waals surface area contributed by atoms with Gasteiger partial charge >= 0.3 is 6.03 Å². The summed E-state index contributed by atoms with van der Waals surface area (Å²) in [4.78, 5) is 20.3. The first-order valence-corrected chi connectivity index (χ1v) is 8.27. The largest absolute Gasteiger partial charge is 0.393 e. The van der Waals surface area contributed by atoms with Gasteiger partial charge in [-0.15, -0.1) is 0 Å². The van der Waals surface area contributed by atoms with Crippen molar-refractivity contribution in [2.24, 2.45) is 5.92 Å². The third-order valence-corrected chi connectivity index (χ3v) is 4.40. The number of amides is 2. The van der Waals surface area contributed by atoms with E-state index >= 15 is 0 Å². The van der Waals surface area contributed by atoms with Crippen molar-refractivity contribution in [2.45, 2.75) is 38.3 Å². The number of hydrogen-bond acceptors (Lipinski definition) is 4. The Labute approximate surface area is 138 Å². The van der Waals surface area contributed by atoms with Crippen LogP contribution < -0.4 is 10.2 Å². The standard InChI is InChI=1S/C17H28N4O2/c1-20(2)16-10-6-8-14(19-16)11-18-17(23)21(3)12-13-7-4-5-9-15(13)22/h6,8,10,13,15,22H,4-5,7,9,11-12H2,1-3H3,(H,18,23). The molecule has 1 aromatic heterocycles. The fraction of sp³-hybridized carbons (Fsp3) is 0.647. The Kier molecular flexibility index (Phi) is 6.21. The Bertz CT molecular complexity index is 521.